The molecule has 144 valence electrons. The van der Waals surface area contributed by atoms with Crippen LogP contribution in [0.5, 0.6) is 0 Å². The Bertz CT molecular complexity index is 883. The molecule has 7 nitrogen and oxygen atoms in total. The van der Waals surface area contributed by atoms with Crippen molar-refractivity contribution in [2.75, 3.05) is 43.1 Å². The van der Waals surface area contributed by atoms with Gasteiger partial charge in [-0.05, 0) is 17.7 Å². The highest BCUT2D eigenvalue weighted by Gasteiger charge is 2.13. The molecule has 1 aliphatic rings. The van der Waals surface area contributed by atoms with Crippen LogP contribution in [-0.4, -0.2) is 52.9 Å². The lowest BCUT2D eigenvalue weighted by Gasteiger charge is -2.27. The van der Waals surface area contributed by atoms with Crippen molar-refractivity contribution in [3.05, 3.63) is 66.6 Å². The third kappa shape index (κ3) is 4.44. The van der Waals surface area contributed by atoms with E-state index in [-0.39, 0.29) is 0 Å². The van der Waals surface area contributed by atoms with Gasteiger partial charge in [-0.2, -0.15) is 0 Å². The Labute approximate surface area is 164 Å². The number of hydrogen-bond donors (Lipinski definition) is 2. The van der Waals surface area contributed by atoms with Crippen LogP contribution in [0.4, 0.5) is 11.6 Å². The highest BCUT2D eigenvalue weighted by Crippen LogP contribution is 2.21. The predicted octanol–water partition coefficient (Wildman–Crippen LogP) is 2.52. The van der Waals surface area contributed by atoms with Gasteiger partial charge >= 0.3 is 0 Å². The number of benzene rings is 1. The summed E-state index contributed by atoms with van der Waals surface area (Å²) in [7, 11) is 0. The number of morpholine rings is 1. The van der Waals surface area contributed by atoms with Gasteiger partial charge in [0, 0.05) is 37.5 Å². The minimum atomic E-state index is -0.603. The summed E-state index contributed by atoms with van der Waals surface area (Å²) in [4.78, 5) is 15.4. The second-order valence-electron chi connectivity index (χ2n) is 6.60. The van der Waals surface area contributed by atoms with E-state index >= 15 is 0 Å². The van der Waals surface area contributed by atoms with Crippen LogP contribution >= 0.6 is 0 Å². The highest BCUT2D eigenvalue weighted by molar-refractivity contribution is 5.62. The van der Waals surface area contributed by atoms with Gasteiger partial charge in [0.2, 0.25) is 0 Å². The average Bonchev–Trinajstić information content (AvgIpc) is 2.79. The summed E-state index contributed by atoms with van der Waals surface area (Å²) in [5.74, 6) is 1.61. The number of pyridine rings is 1. The zero-order valence-corrected chi connectivity index (χ0v) is 15.5. The van der Waals surface area contributed by atoms with Gasteiger partial charge in [0.15, 0.2) is 0 Å². The SMILES string of the molecule is O[C@@H](CNc1cc(-c2ccc(N3CCOCC3)nc2)ncn1)c1ccccc1. The molecule has 28 heavy (non-hydrogen) atoms. The Morgan fingerprint density at radius 2 is 1.86 bits per heavy atom. The monoisotopic (exact) mass is 377 g/mol. The van der Waals surface area contributed by atoms with Crippen LogP contribution in [0.1, 0.15) is 11.7 Å². The molecule has 0 saturated carbocycles. The lowest BCUT2D eigenvalue weighted by molar-refractivity contribution is 0.122. The maximum absolute atomic E-state index is 10.3. The number of nitrogens with zero attached hydrogens (tertiary/aromatic N) is 4. The normalized spacial score (nSPS) is 15.2. The minimum absolute atomic E-state index is 0.370. The number of ether oxygens (including phenoxy) is 1. The Morgan fingerprint density at radius 3 is 2.61 bits per heavy atom. The first kappa shape index (κ1) is 18.3. The minimum Gasteiger partial charge on any atom is -0.387 e. The summed E-state index contributed by atoms with van der Waals surface area (Å²) in [5, 5.41) is 13.5. The molecule has 7 heteroatoms. The second-order valence-corrected chi connectivity index (χ2v) is 6.60. The summed E-state index contributed by atoms with van der Waals surface area (Å²) in [5.41, 5.74) is 2.57. The van der Waals surface area contributed by atoms with Crippen molar-refractivity contribution in [3.63, 3.8) is 0 Å². The van der Waals surface area contributed by atoms with Gasteiger partial charge in [0.1, 0.15) is 18.0 Å². The molecule has 0 bridgehead atoms. The van der Waals surface area contributed by atoms with Crippen LogP contribution in [0, 0.1) is 0 Å². The molecule has 0 spiro atoms. The van der Waals surface area contributed by atoms with Crippen molar-refractivity contribution in [2.45, 2.75) is 6.10 Å². The van der Waals surface area contributed by atoms with Crippen molar-refractivity contribution in [2.24, 2.45) is 0 Å². The summed E-state index contributed by atoms with van der Waals surface area (Å²) >= 11 is 0. The van der Waals surface area contributed by atoms with Gasteiger partial charge in [-0.3, -0.25) is 0 Å². The molecule has 1 saturated heterocycles. The summed E-state index contributed by atoms with van der Waals surface area (Å²) < 4.78 is 5.38. The molecule has 2 aromatic heterocycles. The standard InChI is InChI=1S/C21H23N5O2/c27-19(16-4-2-1-3-5-16)14-22-20-12-18(24-15-25-20)17-6-7-21(23-13-17)26-8-10-28-11-9-26/h1-7,12-13,15,19,27H,8-11,14H2,(H,22,24,25)/t19-/m0/s1. The van der Waals surface area contributed by atoms with Gasteiger partial charge in [-0.15, -0.1) is 0 Å². The van der Waals surface area contributed by atoms with Gasteiger partial charge < -0.3 is 20.1 Å². The number of aromatic nitrogens is 3. The molecule has 0 radical (unpaired) electrons. The van der Waals surface area contributed by atoms with Crippen LogP contribution in [0.25, 0.3) is 11.3 Å². The molecular weight excluding hydrogens is 354 g/mol. The molecule has 1 atom stereocenters. The quantitative estimate of drug-likeness (QED) is 0.683. The van der Waals surface area contributed by atoms with Gasteiger partial charge in [0.05, 0.1) is 25.0 Å². The average molecular weight is 377 g/mol. The smallest absolute Gasteiger partial charge is 0.130 e. The fraction of sp³-hybridized carbons (Fsp3) is 0.286. The molecule has 3 aromatic rings. The number of aliphatic hydroxyl groups excluding tert-OH is 1. The Balaban J connectivity index is 1.41. The van der Waals surface area contributed by atoms with Crippen LogP contribution < -0.4 is 10.2 Å². The number of rotatable bonds is 6. The Kier molecular flexibility index (Phi) is 5.75. The van der Waals surface area contributed by atoms with Gasteiger partial charge in [0.25, 0.3) is 0 Å². The number of aliphatic hydroxyl groups is 1. The molecule has 0 amide bonds. The Hall–Kier alpha value is -3.03. The van der Waals surface area contributed by atoms with E-state index in [1.807, 2.05) is 54.7 Å². The largest absolute Gasteiger partial charge is 0.387 e. The van der Waals surface area contributed by atoms with Crippen molar-refractivity contribution < 1.29 is 9.84 Å². The Morgan fingerprint density at radius 1 is 1.04 bits per heavy atom. The fourth-order valence-electron chi connectivity index (χ4n) is 3.12. The van der Waals surface area contributed by atoms with Crippen LogP contribution in [0.3, 0.4) is 0 Å². The third-order valence-corrected chi connectivity index (χ3v) is 4.71. The van der Waals surface area contributed by atoms with Crippen LogP contribution in [0.2, 0.25) is 0 Å². The highest BCUT2D eigenvalue weighted by atomic mass is 16.5. The molecule has 1 aromatic carbocycles. The number of nitrogens with one attached hydrogen (secondary N) is 1. The summed E-state index contributed by atoms with van der Waals surface area (Å²) in [6.07, 6.45) is 2.74. The number of hydrogen-bond acceptors (Lipinski definition) is 7. The van der Waals surface area contributed by atoms with E-state index in [1.165, 1.54) is 6.33 Å². The van der Waals surface area contributed by atoms with E-state index in [0.29, 0.717) is 12.4 Å². The van der Waals surface area contributed by atoms with Crippen LogP contribution in [0.15, 0.2) is 61.1 Å². The first-order chi connectivity index (χ1) is 13.8. The first-order valence-electron chi connectivity index (χ1n) is 9.37. The molecule has 1 aliphatic heterocycles. The van der Waals surface area contributed by atoms with E-state index in [9.17, 15) is 5.11 Å². The predicted molar refractivity (Wildman–Crippen MR) is 108 cm³/mol. The molecule has 3 heterocycles. The zero-order chi connectivity index (χ0) is 19.2. The van der Waals surface area contributed by atoms with Crippen molar-refractivity contribution in [1.82, 2.24) is 15.0 Å². The van der Waals surface area contributed by atoms with E-state index in [4.69, 9.17) is 4.74 Å². The third-order valence-electron chi connectivity index (χ3n) is 4.71. The lowest BCUT2D eigenvalue weighted by Crippen LogP contribution is -2.36. The van der Waals surface area contributed by atoms with Crippen molar-refractivity contribution in [1.29, 1.82) is 0 Å². The zero-order valence-electron chi connectivity index (χ0n) is 15.5. The molecular formula is C21H23N5O2. The molecule has 0 aliphatic carbocycles. The van der Waals surface area contributed by atoms with Crippen molar-refractivity contribution >= 4 is 11.6 Å². The topological polar surface area (TPSA) is 83.4 Å². The van der Waals surface area contributed by atoms with Gasteiger partial charge in [-0.1, -0.05) is 30.3 Å². The van der Waals surface area contributed by atoms with E-state index < -0.39 is 6.10 Å². The fourth-order valence-corrected chi connectivity index (χ4v) is 3.12. The van der Waals surface area contributed by atoms with E-state index in [0.717, 1.165) is 48.9 Å². The van der Waals surface area contributed by atoms with Crippen molar-refractivity contribution in [3.8, 4) is 11.3 Å². The van der Waals surface area contributed by atoms with E-state index in [2.05, 4.69) is 25.2 Å². The second kappa shape index (κ2) is 8.77. The lowest BCUT2D eigenvalue weighted by atomic mass is 10.1. The maximum Gasteiger partial charge on any atom is 0.130 e. The van der Waals surface area contributed by atoms with Crippen LogP contribution in [-0.2, 0) is 4.74 Å². The molecule has 1 fully saturated rings. The molecule has 4 rings (SSSR count). The molecule has 0 unspecified atom stereocenters. The molecule has 2 N–H and O–H groups in total. The maximum atomic E-state index is 10.3. The van der Waals surface area contributed by atoms with Gasteiger partial charge in [-0.25, -0.2) is 15.0 Å². The first-order valence-corrected chi connectivity index (χ1v) is 9.37. The summed E-state index contributed by atoms with van der Waals surface area (Å²) in [6, 6.07) is 15.4. The van der Waals surface area contributed by atoms with E-state index in [1.54, 1.807) is 0 Å². The summed E-state index contributed by atoms with van der Waals surface area (Å²) in [6.45, 7) is 3.56. The number of anilines is 2.